The Morgan fingerprint density at radius 1 is 1.28 bits per heavy atom. The number of pyridine rings is 1. The van der Waals surface area contributed by atoms with Gasteiger partial charge in [-0.1, -0.05) is 19.9 Å². The van der Waals surface area contributed by atoms with Gasteiger partial charge in [0, 0.05) is 49.4 Å². The van der Waals surface area contributed by atoms with Gasteiger partial charge >= 0.3 is 0 Å². The van der Waals surface area contributed by atoms with Crippen LogP contribution in [0.4, 0.5) is 5.82 Å². The third kappa shape index (κ3) is 3.08. The Balaban J connectivity index is 1.63. The predicted molar refractivity (Wildman–Crippen MR) is 95.8 cm³/mol. The highest BCUT2D eigenvalue weighted by Gasteiger charge is 2.34. The van der Waals surface area contributed by atoms with Crippen molar-refractivity contribution in [2.75, 3.05) is 24.5 Å². The SMILES string of the molecule is CC(C)Cc1nc2c(c(N3CC(c4ccccn4)C3)n1)CCNC2=O. The highest BCUT2D eigenvalue weighted by molar-refractivity contribution is 5.96. The third-order valence-electron chi connectivity index (χ3n) is 4.79. The molecule has 2 aliphatic rings. The van der Waals surface area contributed by atoms with E-state index in [-0.39, 0.29) is 5.91 Å². The molecule has 4 rings (SSSR count). The highest BCUT2D eigenvalue weighted by atomic mass is 16.1. The van der Waals surface area contributed by atoms with Gasteiger partial charge < -0.3 is 10.2 Å². The number of carbonyl (C=O) groups excluding carboxylic acids is 1. The average Bonchev–Trinajstić information content (AvgIpc) is 2.55. The minimum Gasteiger partial charge on any atom is -0.355 e. The number of nitrogens with one attached hydrogen (secondary N) is 1. The van der Waals surface area contributed by atoms with Crippen molar-refractivity contribution in [1.82, 2.24) is 20.3 Å². The summed E-state index contributed by atoms with van der Waals surface area (Å²) >= 11 is 0. The number of rotatable bonds is 4. The van der Waals surface area contributed by atoms with Gasteiger partial charge in [-0.3, -0.25) is 9.78 Å². The van der Waals surface area contributed by atoms with Crippen molar-refractivity contribution in [1.29, 1.82) is 0 Å². The molecule has 0 aromatic carbocycles. The molecule has 0 unspecified atom stereocenters. The lowest BCUT2D eigenvalue weighted by Crippen LogP contribution is -2.47. The molecule has 0 atom stereocenters. The first-order valence-corrected chi connectivity index (χ1v) is 8.95. The normalized spacial score (nSPS) is 17.2. The Kier molecular flexibility index (Phi) is 4.11. The molecule has 0 aliphatic carbocycles. The number of anilines is 1. The van der Waals surface area contributed by atoms with Crippen molar-refractivity contribution in [3.63, 3.8) is 0 Å². The fourth-order valence-corrected chi connectivity index (χ4v) is 3.49. The van der Waals surface area contributed by atoms with E-state index >= 15 is 0 Å². The lowest BCUT2D eigenvalue weighted by molar-refractivity contribution is 0.0939. The third-order valence-corrected chi connectivity index (χ3v) is 4.79. The van der Waals surface area contributed by atoms with Gasteiger partial charge in [-0.05, 0) is 24.5 Å². The second-order valence-electron chi connectivity index (χ2n) is 7.25. The summed E-state index contributed by atoms with van der Waals surface area (Å²) in [5.74, 6) is 2.52. The fourth-order valence-electron chi connectivity index (χ4n) is 3.49. The van der Waals surface area contributed by atoms with Gasteiger partial charge in [0.05, 0.1) is 0 Å². The van der Waals surface area contributed by atoms with E-state index in [1.807, 2.05) is 18.3 Å². The maximum atomic E-state index is 12.3. The van der Waals surface area contributed by atoms with Gasteiger partial charge in [-0.15, -0.1) is 0 Å². The van der Waals surface area contributed by atoms with Crippen molar-refractivity contribution in [2.45, 2.75) is 32.6 Å². The van der Waals surface area contributed by atoms with Crippen LogP contribution in [-0.4, -0.2) is 40.5 Å². The Bertz CT molecular complexity index is 784. The summed E-state index contributed by atoms with van der Waals surface area (Å²) in [7, 11) is 0. The summed E-state index contributed by atoms with van der Waals surface area (Å²) < 4.78 is 0. The second-order valence-corrected chi connectivity index (χ2v) is 7.25. The number of amides is 1. The first-order chi connectivity index (χ1) is 12.1. The van der Waals surface area contributed by atoms with Crippen LogP contribution in [0.1, 0.15) is 47.3 Å². The van der Waals surface area contributed by atoms with E-state index < -0.39 is 0 Å². The summed E-state index contributed by atoms with van der Waals surface area (Å²) in [6, 6.07) is 6.05. The van der Waals surface area contributed by atoms with Gasteiger partial charge in [0.15, 0.2) is 0 Å². The van der Waals surface area contributed by atoms with E-state index in [9.17, 15) is 4.79 Å². The highest BCUT2D eigenvalue weighted by Crippen LogP contribution is 2.33. The Hall–Kier alpha value is -2.50. The van der Waals surface area contributed by atoms with E-state index in [0.717, 1.165) is 48.8 Å². The van der Waals surface area contributed by atoms with Crippen molar-refractivity contribution in [3.05, 3.63) is 47.2 Å². The standard InChI is InChI=1S/C19H23N5O/c1-12(2)9-16-22-17-14(6-8-21-19(17)25)18(23-16)24-10-13(11-24)15-5-3-4-7-20-15/h3-5,7,12-13H,6,8-11H2,1-2H3,(H,21,25). The van der Waals surface area contributed by atoms with Crippen LogP contribution < -0.4 is 10.2 Å². The molecule has 2 aliphatic heterocycles. The Morgan fingerprint density at radius 2 is 2.12 bits per heavy atom. The molecule has 0 radical (unpaired) electrons. The van der Waals surface area contributed by atoms with E-state index in [1.54, 1.807) is 0 Å². The summed E-state index contributed by atoms with van der Waals surface area (Å²) in [4.78, 5) is 28.4. The largest absolute Gasteiger partial charge is 0.355 e. The number of hydrogen-bond acceptors (Lipinski definition) is 5. The molecule has 0 bridgehead atoms. The second kappa shape index (κ2) is 6.43. The summed E-state index contributed by atoms with van der Waals surface area (Å²) in [6.07, 6.45) is 3.42. The monoisotopic (exact) mass is 337 g/mol. The van der Waals surface area contributed by atoms with Gasteiger partial charge in [-0.25, -0.2) is 9.97 Å². The number of aromatic nitrogens is 3. The molecule has 130 valence electrons. The Labute approximate surface area is 147 Å². The van der Waals surface area contributed by atoms with Crippen LogP contribution in [0.25, 0.3) is 0 Å². The number of nitrogens with zero attached hydrogens (tertiary/aromatic N) is 4. The molecular weight excluding hydrogens is 314 g/mol. The van der Waals surface area contributed by atoms with Crippen LogP contribution >= 0.6 is 0 Å². The summed E-state index contributed by atoms with van der Waals surface area (Å²) in [6.45, 7) is 6.72. The molecule has 2 aromatic rings. The number of hydrogen-bond donors (Lipinski definition) is 1. The first kappa shape index (κ1) is 16.0. The van der Waals surface area contributed by atoms with Crippen LogP contribution in [0.15, 0.2) is 24.4 Å². The lowest BCUT2D eigenvalue weighted by atomic mass is 9.94. The molecule has 0 spiro atoms. The fraction of sp³-hybridized carbons (Fsp3) is 0.474. The average molecular weight is 337 g/mol. The molecule has 1 amide bonds. The van der Waals surface area contributed by atoms with Gasteiger partial charge in [0.25, 0.3) is 5.91 Å². The molecule has 0 saturated carbocycles. The van der Waals surface area contributed by atoms with Gasteiger partial charge in [0.1, 0.15) is 17.3 Å². The van der Waals surface area contributed by atoms with E-state index in [1.165, 1.54) is 0 Å². The minimum absolute atomic E-state index is 0.0725. The molecule has 4 heterocycles. The van der Waals surface area contributed by atoms with Crippen LogP contribution in [0.5, 0.6) is 0 Å². The molecule has 1 fully saturated rings. The van der Waals surface area contributed by atoms with Crippen molar-refractivity contribution in [2.24, 2.45) is 5.92 Å². The van der Waals surface area contributed by atoms with Crippen LogP contribution in [0.3, 0.4) is 0 Å². The topological polar surface area (TPSA) is 71.0 Å². The van der Waals surface area contributed by atoms with Crippen LogP contribution in [-0.2, 0) is 12.8 Å². The zero-order valence-electron chi connectivity index (χ0n) is 14.7. The molecule has 1 saturated heterocycles. The predicted octanol–water partition coefficient (Wildman–Crippen LogP) is 1.96. The number of carbonyl (C=O) groups is 1. The molecular formula is C19H23N5O. The molecule has 1 N–H and O–H groups in total. The maximum absolute atomic E-state index is 12.3. The van der Waals surface area contributed by atoms with Crippen molar-refractivity contribution in [3.8, 4) is 0 Å². The van der Waals surface area contributed by atoms with Crippen LogP contribution in [0, 0.1) is 5.92 Å². The smallest absolute Gasteiger partial charge is 0.270 e. The number of fused-ring (bicyclic) bond motifs is 1. The first-order valence-electron chi connectivity index (χ1n) is 8.95. The van der Waals surface area contributed by atoms with Crippen molar-refractivity contribution < 1.29 is 4.79 Å². The van der Waals surface area contributed by atoms with E-state index in [0.29, 0.717) is 24.1 Å². The van der Waals surface area contributed by atoms with E-state index in [4.69, 9.17) is 4.98 Å². The Morgan fingerprint density at radius 3 is 2.84 bits per heavy atom. The lowest BCUT2D eigenvalue weighted by Gasteiger charge is -2.41. The van der Waals surface area contributed by atoms with Gasteiger partial charge in [0.2, 0.25) is 0 Å². The quantitative estimate of drug-likeness (QED) is 0.923. The van der Waals surface area contributed by atoms with Crippen molar-refractivity contribution >= 4 is 11.7 Å². The summed E-state index contributed by atoms with van der Waals surface area (Å²) in [5, 5.41) is 2.90. The summed E-state index contributed by atoms with van der Waals surface area (Å²) in [5.41, 5.74) is 2.69. The van der Waals surface area contributed by atoms with E-state index in [2.05, 4.69) is 40.1 Å². The molecule has 2 aromatic heterocycles. The van der Waals surface area contributed by atoms with Gasteiger partial charge in [-0.2, -0.15) is 0 Å². The van der Waals surface area contributed by atoms with Crippen LogP contribution in [0.2, 0.25) is 0 Å². The molecule has 6 heteroatoms. The maximum Gasteiger partial charge on any atom is 0.270 e. The zero-order chi connectivity index (χ0) is 17.4. The zero-order valence-corrected chi connectivity index (χ0v) is 14.7. The molecule has 6 nitrogen and oxygen atoms in total. The molecule has 25 heavy (non-hydrogen) atoms. The minimum atomic E-state index is -0.0725.